The Balaban J connectivity index is 1.50. The Morgan fingerprint density at radius 1 is 1.27 bits per heavy atom. The molecule has 2 aliphatic rings. The van der Waals surface area contributed by atoms with Crippen molar-refractivity contribution >= 4 is 35.2 Å². The maximum atomic E-state index is 11.9. The van der Waals surface area contributed by atoms with Gasteiger partial charge in [0.1, 0.15) is 11.6 Å². The zero-order chi connectivity index (χ0) is 20.7. The number of nitrogens with one attached hydrogen (secondary N) is 3. The van der Waals surface area contributed by atoms with Gasteiger partial charge < -0.3 is 10.6 Å². The van der Waals surface area contributed by atoms with Crippen molar-refractivity contribution in [1.82, 2.24) is 24.9 Å². The lowest BCUT2D eigenvalue weighted by atomic mass is 10.1. The summed E-state index contributed by atoms with van der Waals surface area (Å²) in [5.41, 5.74) is 3.59. The van der Waals surface area contributed by atoms with E-state index in [9.17, 15) is 9.59 Å². The van der Waals surface area contributed by atoms with Crippen molar-refractivity contribution in [1.29, 1.82) is 0 Å². The molecule has 9 nitrogen and oxygen atoms in total. The second kappa shape index (κ2) is 7.25. The summed E-state index contributed by atoms with van der Waals surface area (Å²) in [6.45, 7) is 2.50. The van der Waals surface area contributed by atoms with Crippen LogP contribution in [0.25, 0.3) is 11.7 Å². The van der Waals surface area contributed by atoms with Crippen LogP contribution in [-0.4, -0.2) is 37.4 Å². The van der Waals surface area contributed by atoms with E-state index >= 15 is 0 Å². The molecular weight excluding hydrogens is 382 g/mol. The minimum Gasteiger partial charge on any atom is -0.367 e. The Morgan fingerprint density at radius 2 is 2.13 bits per heavy atom. The third kappa shape index (κ3) is 3.73. The van der Waals surface area contributed by atoms with Crippen molar-refractivity contribution in [2.24, 2.45) is 0 Å². The van der Waals surface area contributed by atoms with Crippen molar-refractivity contribution in [2.45, 2.75) is 38.8 Å². The second-order valence-corrected chi connectivity index (χ2v) is 7.63. The van der Waals surface area contributed by atoms with Crippen LogP contribution in [0.15, 0.2) is 36.0 Å². The number of aryl methyl sites for hydroxylation is 1. The molecule has 2 fully saturated rings. The summed E-state index contributed by atoms with van der Waals surface area (Å²) in [4.78, 5) is 32.7. The molecule has 0 spiro atoms. The van der Waals surface area contributed by atoms with Gasteiger partial charge in [-0.3, -0.25) is 19.9 Å². The van der Waals surface area contributed by atoms with Gasteiger partial charge in [0, 0.05) is 28.9 Å². The Kier molecular flexibility index (Phi) is 4.42. The van der Waals surface area contributed by atoms with Crippen LogP contribution in [0.2, 0.25) is 0 Å². The van der Waals surface area contributed by atoms with E-state index < -0.39 is 0 Å². The molecular formula is C21H21N7O2. The van der Waals surface area contributed by atoms with Crippen LogP contribution < -0.4 is 16.0 Å². The van der Waals surface area contributed by atoms with E-state index in [-0.39, 0.29) is 18.2 Å². The van der Waals surface area contributed by atoms with Crippen LogP contribution >= 0.6 is 0 Å². The molecule has 1 saturated heterocycles. The molecule has 0 unspecified atom stereocenters. The summed E-state index contributed by atoms with van der Waals surface area (Å²) in [7, 11) is 0. The summed E-state index contributed by atoms with van der Waals surface area (Å²) in [5.74, 6) is 0.857. The van der Waals surface area contributed by atoms with Crippen molar-refractivity contribution in [3.63, 3.8) is 0 Å². The first-order valence-corrected chi connectivity index (χ1v) is 9.91. The number of hydrogen-bond donors (Lipinski definition) is 3. The molecule has 3 N–H and O–H groups in total. The molecule has 0 aromatic carbocycles. The standard InChI is InChI=1S/C21H21N7O2/c1-12-3-2-4-16(24-12)11-22-17-9-18(25-15-5-6-15)28-20(26-17)14(10-23-28)7-13-8-19(29)27-21(13)30/h2-4,7,9-10,15,25H,5-6,8,11H2,1H3,(H,22,26)(H,27,29,30). The van der Waals surface area contributed by atoms with Crippen molar-refractivity contribution in [3.8, 4) is 0 Å². The maximum Gasteiger partial charge on any atom is 0.254 e. The average molecular weight is 403 g/mol. The third-order valence-corrected chi connectivity index (χ3v) is 5.05. The molecule has 0 radical (unpaired) electrons. The van der Waals surface area contributed by atoms with E-state index in [1.165, 1.54) is 0 Å². The zero-order valence-corrected chi connectivity index (χ0v) is 16.5. The lowest BCUT2D eigenvalue weighted by molar-refractivity contribution is -0.124. The van der Waals surface area contributed by atoms with Crippen LogP contribution in [0.1, 0.15) is 36.2 Å². The van der Waals surface area contributed by atoms with Gasteiger partial charge in [0.2, 0.25) is 5.91 Å². The molecule has 0 atom stereocenters. The van der Waals surface area contributed by atoms with Gasteiger partial charge in [-0.1, -0.05) is 6.07 Å². The number of aromatic nitrogens is 4. The van der Waals surface area contributed by atoms with E-state index in [1.54, 1.807) is 16.8 Å². The minimum atomic E-state index is -0.365. The highest BCUT2D eigenvalue weighted by molar-refractivity contribution is 6.15. The van der Waals surface area contributed by atoms with Crippen molar-refractivity contribution in [3.05, 3.63) is 53.0 Å². The van der Waals surface area contributed by atoms with Crippen LogP contribution in [0.3, 0.4) is 0 Å². The second-order valence-electron chi connectivity index (χ2n) is 7.63. The molecule has 1 aliphatic carbocycles. The van der Waals surface area contributed by atoms with Gasteiger partial charge >= 0.3 is 0 Å². The highest BCUT2D eigenvalue weighted by Gasteiger charge is 2.25. The van der Waals surface area contributed by atoms with Gasteiger partial charge in [-0.05, 0) is 38.0 Å². The van der Waals surface area contributed by atoms with Crippen molar-refractivity contribution in [2.75, 3.05) is 10.6 Å². The molecule has 3 aromatic rings. The largest absolute Gasteiger partial charge is 0.367 e. The van der Waals surface area contributed by atoms with E-state index in [4.69, 9.17) is 4.98 Å². The molecule has 30 heavy (non-hydrogen) atoms. The fraction of sp³-hybridized carbons (Fsp3) is 0.286. The number of nitrogens with zero attached hydrogens (tertiary/aromatic N) is 4. The smallest absolute Gasteiger partial charge is 0.254 e. The van der Waals surface area contributed by atoms with E-state index in [0.717, 1.165) is 30.0 Å². The maximum absolute atomic E-state index is 11.9. The zero-order valence-electron chi connectivity index (χ0n) is 16.5. The number of imide groups is 1. The Morgan fingerprint density at radius 3 is 2.87 bits per heavy atom. The van der Waals surface area contributed by atoms with Gasteiger partial charge in [-0.25, -0.2) is 4.98 Å². The summed E-state index contributed by atoms with van der Waals surface area (Å²) in [6, 6.07) is 8.27. The Labute approximate surface area is 172 Å². The van der Waals surface area contributed by atoms with Gasteiger partial charge in [-0.15, -0.1) is 0 Å². The number of carbonyl (C=O) groups is 2. The van der Waals surface area contributed by atoms with Gasteiger partial charge in [0.15, 0.2) is 5.65 Å². The van der Waals surface area contributed by atoms with Crippen LogP contribution in [0.4, 0.5) is 11.6 Å². The fourth-order valence-electron chi connectivity index (χ4n) is 3.40. The molecule has 0 bridgehead atoms. The van der Waals surface area contributed by atoms with Crippen molar-refractivity contribution < 1.29 is 9.59 Å². The molecule has 152 valence electrons. The van der Waals surface area contributed by atoms with Gasteiger partial charge in [0.05, 0.1) is 24.9 Å². The number of carbonyl (C=O) groups excluding carboxylic acids is 2. The number of amides is 2. The lowest BCUT2D eigenvalue weighted by Crippen LogP contribution is -2.19. The molecule has 1 aliphatic heterocycles. The molecule has 2 amide bonds. The summed E-state index contributed by atoms with van der Waals surface area (Å²) in [5, 5.41) is 13.6. The Hall–Kier alpha value is -3.75. The summed E-state index contributed by atoms with van der Waals surface area (Å²) >= 11 is 0. The van der Waals surface area contributed by atoms with Gasteiger partial charge in [-0.2, -0.15) is 9.61 Å². The number of hydrogen-bond acceptors (Lipinski definition) is 7. The lowest BCUT2D eigenvalue weighted by Gasteiger charge is -2.11. The molecule has 4 heterocycles. The topological polar surface area (TPSA) is 113 Å². The first kappa shape index (κ1) is 18.3. The van der Waals surface area contributed by atoms with Gasteiger partial charge in [0.25, 0.3) is 5.91 Å². The van der Waals surface area contributed by atoms with E-state index in [0.29, 0.717) is 35.2 Å². The monoisotopic (exact) mass is 403 g/mol. The van der Waals surface area contributed by atoms with Crippen LogP contribution in [0, 0.1) is 6.92 Å². The first-order chi connectivity index (χ1) is 14.5. The van der Waals surface area contributed by atoms with E-state index in [2.05, 4.69) is 26.0 Å². The molecule has 9 heteroatoms. The number of anilines is 2. The van der Waals surface area contributed by atoms with E-state index in [1.807, 2.05) is 31.2 Å². The highest BCUT2D eigenvalue weighted by atomic mass is 16.2. The SMILES string of the molecule is Cc1cccc(CNc2cc(NC3CC3)n3ncc(C=C4CC(=O)NC4=O)c3n2)n1. The predicted molar refractivity (Wildman–Crippen MR) is 112 cm³/mol. The first-order valence-electron chi connectivity index (χ1n) is 9.91. The summed E-state index contributed by atoms with van der Waals surface area (Å²) < 4.78 is 1.73. The minimum absolute atomic E-state index is 0.0698. The fourth-order valence-corrected chi connectivity index (χ4v) is 3.40. The highest BCUT2D eigenvalue weighted by Crippen LogP contribution is 2.28. The third-order valence-electron chi connectivity index (χ3n) is 5.05. The normalized spacial score (nSPS) is 17.6. The number of rotatable bonds is 6. The predicted octanol–water partition coefficient (Wildman–Crippen LogP) is 2.05. The molecule has 1 saturated carbocycles. The average Bonchev–Trinajstić information content (AvgIpc) is 3.35. The molecule has 3 aromatic heterocycles. The van der Waals surface area contributed by atoms with Crippen LogP contribution in [0.5, 0.6) is 0 Å². The summed E-state index contributed by atoms with van der Waals surface area (Å²) in [6.07, 6.45) is 5.67. The number of fused-ring (bicyclic) bond motifs is 1. The number of pyridine rings is 1. The Bertz CT molecular complexity index is 1190. The molecule has 5 rings (SSSR count). The van der Waals surface area contributed by atoms with Crippen LogP contribution in [-0.2, 0) is 16.1 Å². The quantitative estimate of drug-likeness (QED) is 0.426.